The van der Waals surface area contributed by atoms with Gasteiger partial charge in [-0.1, -0.05) is 45.9 Å². The molecule has 10 nitrogen and oxygen atoms in total. The summed E-state index contributed by atoms with van der Waals surface area (Å²) in [4.78, 5) is 36.4. The van der Waals surface area contributed by atoms with Gasteiger partial charge in [-0.2, -0.15) is 13.5 Å². The van der Waals surface area contributed by atoms with E-state index in [1.807, 2.05) is 13.8 Å². The first-order valence-corrected chi connectivity index (χ1v) is 12.4. The molecule has 11 heteroatoms. The second-order valence-corrected chi connectivity index (χ2v) is 11.5. The predicted octanol–water partition coefficient (Wildman–Crippen LogP) is 2.06. The van der Waals surface area contributed by atoms with Gasteiger partial charge in [-0.05, 0) is 36.8 Å². The molecule has 2 aliphatic rings. The summed E-state index contributed by atoms with van der Waals surface area (Å²) in [6.45, 7) is 8.62. The molecular formula is C23H32N2O8S. The molecule has 4 atom stereocenters. The number of nitrogens with two attached hydrogens (primary N) is 1. The van der Waals surface area contributed by atoms with Gasteiger partial charge in [-0.25, -0.2) is 8.98 Å². The van der Waals surface area contributed by atoms with Gasteiger partial charge in [0.05, 0.1) is 36.7 Å². The van der Waals surface area contributed by atoms with E-state index in [9.17, 15) is 22.8 Å². The van der Waals surface area contributed by atoms with Crippen LogP contribution in [0.25, 0.3) is 0 Å². The van der Waals surface area contributed by atoms with Gasteiger partial charge in [0.1, 0.15) is 0 Å². The molecule has 1 aromatic rings. The molecular weight excluding hydrogens is 464 g/mol. The third kappa shape index (κ3) is 5.11. The number of hydrogen-bond acceptors (Lipinski definition) is 8. The monoisotopic (exact) mass is 496 g/mol. The Hall–Kier alpha value is -2.50. The SMILES string of the molecule is C[C@H]1[C@@H]2C[C@@H](C(N)=O)C2C(=O)N1OS(=O)(=O)OCC(C)(C)C(C)(C)COC(=O)c1ccccc1. The summed E-state index contributed by atoms with van der Waals surface area (Å²) in [6, 6.07) is 8.01. The van der Waals surface area contributed by atoms with Gasteiger partial charge >= 0.3 is 16.4 Å². The Balaban J connectivity index is 1.57. The lowest BCUT2D eigenvalue weighted by Crippen LogP contribution is -2.46. The molecule has 0 bridgehead atoms. The number of hydrogen-bond donors (Lipinski definition) is 1. The Morgan fingerprint density at radius 3 is 2.26 bits per heavy atom. The molecule has 2 fully saturated rings. The fourth-order valence-electron chi connectivity index (χ4n) is 4.09. The van der Waals surface area contributed by atoms with Crippen molar-refractivity contribution in [3.05, 3.63) is 35.9 Å². The van der Waals surface area contributed by atoms with E-state index in [-0.39, 0.29) is 19.1 Å². The Labute approximate surface area is 200 Å². The van der Waals surface area contributed by atoms with E-state index in [2.05, 4.69) is 0 Å². The number of nitrogens with zero attached hydrogens (tertiary/aromatic N) is 1. The topological polar surface area (TPSA) is 142 Å². The number of benzene rings is 1. The normalized spacial score (nSPS) is 25.0. The second kappa shape index (κ2) is 9.27. The molecule has 0 radical (unpaired) electrons. The van der Waals surface area contributed by atoms with E-state index in [4.69, 9.17) is 18.9 Å². The largest absolute Gasteiger partial charge is 0.462 e. The minimum absolute atomic E-state index is 0.0253. The highest BCUT2D eigenvalue weighted by Crippen LogP contribution is 2.50. The van der Waals surface area contributed by atoms with Crippen molar-refractivity contribution < 1.29 is 36.0 Å². The van der Waals surface area contributed by atoms with Crippen LogP contribution in [-0.2, 0) is 33.2 Å². The molecule has 1 unspecified atom stereocenters. The van der Waals surface area contributed by atoms with E-state index < -0.39 is 56.9 Å². The fraction of sp³-hybridized carbons (Fsp3) is 0.609. The lowest BCUT2D eigenvalue weighted by atomic mass is 9.64. The number of fused-ring (bicyclic) bond motifs is 1. The number of carbonyl (C=O) groups excluding carboxylic acids is 3. The highest BCUT2D eigenvalue weighted by atomic mass is 32.3. The molecule has 3 rings (SSSR count). The predicted molar refractivity (Wildman–Crippen MR) is 121 cm³/mol. The first-order valence-electron chi connectivity index (χ1n) is 11.1. The minimum Gasteiger partial charge on any atom is -0.462 e. The number of hydroxylamine groups is 2. The number of ether oxygens (including phenoxy) is 1. The van der Waals surface area contributed by atoms with Gasteiger partial charge in [0.15, 0.2) is 0 Å². The van der Waals surface area contributed by atoms with Crippen LogP contribution in [0, 0.1) is 28.6 Å². The van der Waals surface area contributed by atoms with Gasteiger partial charge in [0.25, 0.3) is 5.91 Å². The first-order chi connectivity index (χ1) is 15.7. The van der Waals surface area contributed by atoms with Crippen molar-refractivity contribution >= 4 is 28.2 Å². The number of esters is 1. The third-order valence-electron chi connectivity index (χ3n) is 7.42. The van der Waals surface area contributed by atoms with E-state index in [1.165, 1.54) is 0 Å². The van der Waals surface area contributed by atoms with Crippen LogP contribution in [0.15, 0.2) is 30.3 Å². The Bertz CT molecular complexity index is 1050. The fourth-order valence-corrected chi connectivity index (χ4v) is 4.98. The number of amides is 2. The summed E-state index contributed by atoms with van der Waals surface area (Å²) in [6.07, 6.45) is 0.413. The molecule has 0 spiro atoms. The lowest BCUT2D eigenvalue weighted by molar-refractivity contribution is -0.160. The maximum atomic E-state index is 12.6. The van der Waals surface area contributed by atoms with Crippen molar-refractivity contribution in [1.82, 2.24) is 5.06 Å². The zero-order valence-electron chi connectivity index (χ0n) is 20.0. The first kappa shape index (κ1) is 26.1. The second-order valence-electron chi connectivity index (χ2n) is 10.3. The van der Waals surface area contributed by atoms with E-state index in [0.29, 0.717) is 12.0 Å². The summed E-state index contributed by atoms with van der Waals surface area (Å²) >= 11 is 0. The quantitative estimate of drug-likeness (QED) is 0.485. The molecule has 188 valence electrons. The third-order valence-corrected chi connectivity index (χ3v) is 8.17. The van der Waals surface area contributed by atoms with Crippen LogP contribution in [0.3, 0.4) is 0 Å². The smallest absolute Gasteiger partial charge is 0.421 e. The molecule has 1 heterocycles. The highest BCUT2D eigenvalue weighted by Gasteiger charge is 2.60. The van der Waals surface area contributed by atoms with Crippen molar-refractivity contribution in [3.8, 4) is 0 Å². The highest BCUT2D eigenvalue weighted by molar-refractivity contribution is 7.81. The van der Waals surface area contributed by atoms with Gasteiger partial charge < -0.3 is 10.5 Å². The summed E-state index contributed by atoms with van der Waals surface area (Å²) in [7, 11) is -4.57. The molecule has 0 aromatic heterocycles. The number of rotatable bonds is 10. The summed E-state index contributed by atoms with van der Waals surface area (Å²) in [5.41, 5.74) is 4.30. The van der Waals surface area contributed by atoms with Crippen molar-refractivity contribution in [2.75, 3.05) is 13.2 Å². The van der Waals surface area contributed by atoms with Crippen molar-refractivity contribution in [2.24, 2.45) is 34.3 Å². The lowest BCUT2D eigenvalue weighted by Gasteiger charge is -2.40. The van der Waals surface area contributed by atoms with Gasteiger partial charge in [-0.3, -0.25) is 9.59 Å². The molecule has 34 heavy (non-hydrogen) atoms. The van der Waals surface area contributed by atoms with Gasteiger partial charge in [0, 0.05) is 5.41 Å². The molecule has 2 N–H and O–H groups in total. The molecule has 1 saturated carbocycles. The maximum Gasteiger partial charge on any atom is 0.421 e. The van der Waals surface area contributed by atoms with Gasteiger partial charge in [0.2, 0.25) is 5.91 Å². The Kier molecular flexibility index (Phi) is 7.12. The minimum atomic E-state index is -4.57. The maximum absolute atomic E-state index is 12.6. The Morgan fingerprint density at radius 2 is 1.68 bits per heavy atom. The number of primary amides is 1. The van der Waals surface area contributed by atoms with Crippen molar-refractivity contribution in [3.63, 3.8) is 0 Å². The van der Waals surface area contributed by atoms with Crippen molar-refractivity contribution in [1.29, 1.82) is 0 Å². The van der Waals surface area contributed by atoms with Crippen LogP contribution in [0.5, 0.6) is 0 Å². The zero-order chi connectivity index (χ0) is 25.5. The van der Waals surface area contributed by atoms with Crippen LogP contribution in [0.2, 0.25) is 0 Å². The van der Waals surface area contributed by atoms with Crippen molar-refractivity contribution in [2.45, 2.75) is 47.1 Å². The molecule has 1 aliphatic heterocycles. The zero-order valence-corrected chi connectivity index (χ0v) is 20.8. The molecule has 1 aromatic carbocycles. The Morgan fingerprint density at radius 1 is 1.09 bits per heavy atom. The van der Waals surface area contributed by atoms with Gasteiger partial charge in [-0.15, -0.1) is 4.28 Å². The van der Waals surface area contributed by atoms with E-state index >= 15 is 0 Å². The summed E-state index contributed by atoms with van der Waals surface area (Å²) < 4.78 is 40.6. The molecule has 1 saturated heterocycles. The van der Waals surface area contributed by atoms with Crippen LogP contribution in [-0.4, -0.2) is 50.5 Å². The van der Waals surface area contributed by atoms with Crippen LogP contribution in [0.1, 0.15) is 51.4 Å². The van der Waals surface area contributed by atoms with E-state index in [1.54, 1.807) is 51.1 Å². The summed E-state index contributed by atoms with van der Waals surface area (Å²) in [5.74, 6) is -3.14. The average Bonchev–Trinajstić information content (AvgIpc) is 2.90. The van der Waals surface area contributed by atoms with Crippen LogP contribution < -0.4 is 5.73 Å². The standard InChI is InChI=1S/C23H32N2O8S/c1-14-16-11-17(19(24)26)18(16)20(27)25(14)33-34(29,30)32-13-23(4,5)22(2,3)12-31-21(28)15-9-7-6-8-10-15/h6-10,14,16-18H,11-13H2,1-5H3,(H2,24,26)/t14-,16-,17+,18?/m0/s1. The average molecular weight is 497 g/mol. The number of carbonyl (C=O) groups is 3. The molecule has 2 amide bonds. The molecule has 1 aliphatic carbocycles. The summed E-state index contributed by atoms with van der Waals surface area (Å²) in [5, 5.41) is 0.771. The van der Waals surface area contributed by atoms with E-state index in [0.717, 1.165) is 5.06 Å². The van der Waals surface area contributed by atoms with Crippen LogP contribution in [0.4, 0.5) is 0 Å². The van der Waals surface area contributed by atoms with Crippen LogP contribution >= 0.6 is 0 Å².